The lowest BCUT2D eigenvalue weighted by Gasteiger charge is -2.41. The maximum absolute atomic E-state index is 9.56. The maximum atomic E-state index is 9.56. The number of rotatable bonds is 8. The highest BCUT2D eigenvalue weighted by atomic mass is 16.5. The molecule has 28 heavy (non-hydrogen) atoms. The van der Waals surface area contributed by atoms with E-state index in [0.717, 1.165) is 56.2 Å². The van der Waals surface area contributed by atoms with Crippen LogP contribution in [-0.4, -0.2) is 66.5 Å². The molecule has 1 aliphatic rings. The van der Waals surface area contributed by atoms with Crippen LogP contribution >= 0.6 is 0 Å². The van der Waals surface area contributed by atoms with E-state index in [2.05, 4.69) is 9.80 Å². The number of aliphatic hydroxyl groups excluding tert-OH is 1. The van der Waals surface area contributed by atoms with Crippen molar-refractivity contribution in [1.29, 1.82) is 0 Å². The lowest BCUT2D eigenvalue weighted by molar-refractivity contribution is 0.0499. The van der Waals surface area contributed by atoms with Crippen molar-refractivity contribution in [3.8, 4) is 17.2 Å². The minimum atomic E-state index is 0.176. The van der Waals surface area contributed by atoms with Crippen molar-refractivity contribution in [1.82, 2.24) is 9.80 Å². The third kappa shape index (κ3) is 5.38. The number of ether oxygens (including phenoxy) is 2. The van der Waals surface area contributed by atoms with Crippen LogP contribution < -0.4 is 9.47 Å². The summed E-state index contributed by atoms with van der Waals surface area (Å²) in [7, 11) is 3.32. The van der Waals surface area contributed by atoms with E-state index in [0.29, 0.717) is 5.75 Å². The number of benzene rings is 2. The van der Waals surface area contributed by atoms with E-state index in [1.807, 2.05) is 30.3 Å². The van der Waals surface area contributed by atoms with Crippen LogP contribution in [0.25, 0.3) is 0 Å². The van der Waals surface area contributed by atoms with Crippen LogP contribution in [0.4, 0.5) is 0 Å². The van der Waals surface area contributed by atoms with Crippen LogP contribution in [0.1, 0.15) is 17.5 Å². The van der Waals surface area contributed by atoms with Gasteiger partial charge >= 0.3 is 0 Å². The largest absolute Gasteiger partial charge is 0.508 e. The lowest BCUT2D eigenvalue weighted by Crippen LogP contribution is -2.52. The quantitative estimate of drug-likeness (QED) is 0.727. The Morgan fingerprint density at radius 2 is 1.61 bits per heavy atom. The maximum Gasteiger partial charge on any atom is 0.122 e. The van der Waals surface area contributed by atoms with Gasteiger partial charge in [-0.15, -0.1) is 0 Å². The molecular weight excluding hydrogens is 356 g/mol. The van der Waals surface area contributed by atoms with Gasteiger partial charge in [0.2, 0.25) is 0 Å². The van der Waals surface area contributed by atoms with E-state index < -0.39 is 0 Å². The summed E-state index contributed by atoms with van der Waals surface area (Å²) in [5, 5.41) is 19.0. The Labute approximate surface area is 166 Å². The Balaban J connectivity index is 1.66. The number of phenols is 1. The first-order valence-corrected chi connectivity index (χ1v) is 9.68. The molecule has 1 heterocycles. The molecule has 6 nitrogen and oxygen atoms in total. The molecule has 6 heteroatoms. The van der Waals surface area contributed by atoms with Crippen LogP contribution in [0.3, 0.4) is 0 Å². The second kappa shape index (κ2) is 9.78. The molecule has 1 fully saturated rings. The minimum absolute atomic E-state index is 0.176. The molecule has 1 aliphatic heterocycles. The van der Waals surface area contributed by atoms with Crippen LogP contribution in [0.2, 0.25) is 0 Å². The lowest BCUT2D eigenvalue weighted by atomic mass is 10.1. The number of methoxy groups -OCH3 is 2. The van der Waals surface area contributed by atoms with Crippen molar-refractivity contribution < 1.29 is 19.7 Å². The number of piperazine rings is 1. The third-order valence-electron chi connectivity index (χ3n) is 5.29. The summed E-state index contributed by atoms with van der Waals surface area (Å²) in [5.74, 6) is 1.87. The second-order valence-electron chi connectivity index (χ2n) is 7.26. The first-order chi connectivity index (χ1) is 13.6. The highest BCUT2D eigenvalue weighted by molar-refractivity contribution is 5.38. The topological polar surface area (TPSA) is 65.4 Å². The number of hydrogen-bond acceptors (Lipinski definition) is 6. The molecule has 0 unspecified atom stereocenters. The Kier molecular flexibility index (Phi) is 7.14. The predicted octanol–water partition coefficient (Wildman–Crippen LogP) is 2.48. The molecule has 0 spiro atoms. The van der Waals surface area contributed by atoms with E-state index in [1.165, 1.54) is 5.56 Å². The number of aliphatic hydroxyl groups is 1. The molecule has 0 aromatic heterocycles. The van der Waals surface area contributed by atoms with E-state index in [4.69, 9.17) is 9.47 Å². The molecule has 0 amide bonds. The smallest absolute Gasteiger partial charge is 0.122 e. The van der Waals surface area contributed by atoms with Gasteiger partial charge in [-0.2, -0.15) is 0 Å². The van der Waals surface area contributed by atoms with Crippen molar-refractivity contribution in [3.05, 3.63) is 53.6 Å². The zero-order valence-corrected chi connectivity index (χ0v) is 16.7. The minimum Gasteiger partial charge on any atom is -0.508 e. The molecule has 152 valence electrons. The van der Waals surface area contributed by atoms with E-state index in [9.17, 15) is 10.2 Å². The van der Waals surface area contributed by atoms with Gasteiger partial charge in [0.1, 0.15) is 17.2 Å². The molecule has 0 bridgehead atoms. The van der Waals surface area contributed by atoms with Gasteiger partial charge in [0, 0.05) is 51.4 Å². The average molecular weight is 386 g/mol. The summed E-state index contributed by atoms with van der Waals surface area (Å²) >= 11 is 0. The Morgan fingerprint density at radius 1 is 0.929 bits per heavy atom. The Bertz CT molecular complexity index is 728. The molecule has 0 aliphatic carbocycles. The summed E-state index contributed by atoms with van der Waals surface area (Å²) in [5.41, 5.74) is 2.33. The Hall–Kier alpha value is -2.28. The van der Waals surface area contributed by atoms with Crippen LogP contribution in [0, 0.1) is 0 Å². The fourth-order valence-corrected chi connectivity index (χ4v) is 3.78. The van der Waals surface area contributed by atoms with Crippen LogP contribution in [-0.2, 0) is 13.1 Å². The molecular formula is C22H30N2O4. The van der Waals surface area contributed by atoms with Gasteiger partial charge in [-0.25, -0.2) is 0 Å². The number of nitrogens with zero attached hydrogens (tertiary/aromatic N) is 2. The summed E-state index contributed by atoms with van der Waals surface area (Å²) in [4.78, 5) is 4.84. The summed E-state index contributed by atoms with van der Waals surface area (Å²) in [6.07, 6.45) is 0.743. The zero-order chi connectivity index (χ0) is 19.9. The highest BCUT2D eigenvalue weighted by Crippen LogP contribution is 2.25. The Morgan fingerprint density at radius 3 is 2.21 bits per heavy atom. The molecule has 2 N–H and O–H groups in total. The molecule has 2 aromatic rings. The number of aromatic hydroxyl groups is 1. The molecule has 2 aromatic carbocycles. The highest BCUT2D eigenvalue weighted by Gasteiger charge is 2.27. The van der Waals surface area contributed by atoms with Gasteiger partial charge in [0.05, 0.1) is 14.2 Å². The normalized spacial score (nSPS) is 18.2. The third-order valence-corrected chi connectivity index (χ3v) is 5.29. The fourth-order valence-electron chi connectivity index (χ4n) is 3.78. The van der Waals surface area contributed by atoms with Crippen molar-refractivity contribution in [2.24, 2.45) is 0 Å². The molecule has 1 saturated heterocycles. The summed E-state index contributed by atoms with van der Waals surface area (Å²) < 4.78 is 10.8. The average Bonchev–Trinajstić information content (AvgIpc) is 2.71. The van der Waals surface area contributed by atoms with Crippen LogP contribution in [0.5, 0.6) is 17.2 Å². The van der Waals surface area contributed by atoms with E-state index >= 15 is 0 Å². The fraction of sp³-hybridized carbons (Fsp3) is 0.455. The van der Waals surface area contributed by atoms with Gasteiger partial charge in [0.25, 0.3) is 0 Å². The molecule has 0 radical (unpaired) electrons. The van der Waals surface area contributed by atoms with Gasteiger partial charge in [0.15, 0.2) is 0 Å². The van der Waals surface area contributed by atoms with E-state index in [1.54, 1.807) is 26.4 Å². The monoisotopic (exact) mass is 386 g/mol. The zero-order valence-electron chi connectivity index (χ0n) is 16.7. The standard InChI is InChI=1S/C22H30N2O4/c1-27-21-11-18(12-22(13-21)28-2)15-24-9-8-23(16-19(24)7-10-25)14-17-3-5-20(26)6-4-17/h3-6,11-13,19,25-26H,7-10,14-16H2,1-2H3/t19-/m0/s1. The second-order valence-corrected chi connectivity index (χ2v) is 7.26. The summed E-state index contributed by atoms with van der Waals surface area (Å²) in [6.45, 7) is 4.62. The SMILES string of the molecule is COc1cc(CN2CCN(Cc3ccc(O)cc3)C[C@@H]2CCO)cc(OC)c1. The molecule has 3 rings (SSSR count). The van der Waals surface area contributed by atoms with Crippen LogP contribution in [0.15, 0.2) is 42.5 Å². The van der Waals surface area contributed by atoms with E-state index in [-0.39, 0.29) is 12.6 Å². The molecule has 0 saturated carbocycles. The van der Waals surface area contributed by atoms with Gasteiger partial charge in [-0.3, -0.25) is 9.80 Å². The number of phenolic OH excluding ortho intramolecular Hbond substituents is 1. The van der Waals surface area contributed by atoms with Crippen molar-refractivity contribution in [2.45, 2.75) is 25.6 Å². The first-order valence-electron chi connectivity index (χ1n) is 9.68. The van der Waals surface area contributed by atoms with Crippen molar-refractivity contribution >= 4 is 0 Å². The van der Waals surface area contributed by atoms with Crippen molar-refractivity contribution in [2.75, 3.05) is 40.5 Å². The van der Waals surface area contributed by atoms with Gasteiger partial charge < -0.3 is 19.7 Å². The summed E-state index contributed by atoms with van der Waals surface area (Å²) in [6, 6.07) is 13.6. The van der Waals surface area contributed by atoms with Crippen molar-refractivity contribution in [3.63, 3.8) is 0 Å². The predicted molar refractivity (Wildman–Crippen MR) is 109 cm³/mol. The van der Waals surface area contributed by atoms with Gasteiger partial charge in [-0.05, 0) is 41.8 Å². The van der Waals surface area contributed by atoms with Gasteiger partial charge in [-0.1, -0.05) is 12.1 Å². The first kappa shape index (κ1) is 20.5. The number of hydrogen-bond donors (Lipinski definition) is 2. The molecule has 1 atom stereocenters.